The molecule has 0 spiro atoms. The Kier molecular flexibility index (Phi) is 4.06. The van der Waals surface area contributed by atoms with Crippen molar-refractivity contribution in [2.24, 2.45) is 0 Å². The van der Waals surface area contributed by atoms with Crippen molar-refractivity contribution in [2.75, 3.05) is 4.90 Å². The Morgan fingerprint density at radius 3 is 2.83 bits per heavy atom. The van der Waals surface area contributed by atoms with Gasteiger partial charge < -0.3 is 4.90 Å². The lowest BCUT2D eigenvalue weighted by Gasteiger charge is -2.25. The average Bonchev–Trinajstić information content (AvgIpc) is 3.13. The predicted octanol–water partition coefficient (Wildman–Crippen LogP) is 4.75. The molecule has 2 atom stereocenters. The van der Waals surface area contributed by atoms with Gasteiger partial charge in [-0.15, -0.1) is 11.3 Å². The molecular weight excluding hydrogens is 336 g/mol. The fourth-order valence-electron chi connectivity index (χ4n) is 3.20. The van der Waals surface area contributed by atoms with E-state index >= 15 is 0 Å². The normalized spacial score (nSPS) is 17.9. The van der Waals surface area contributed by atoms with Crippen LogP contribution in [0.4, 0.5) is 5.69 Å². The highest BCUT2D eigenvalue weighted by atomic mass is 32.2. The van der Waals surface area contributed by atoms with Crippen LogP contribution in [-0.2, 0) is 11.2 Å². The Hall–Kier alpha value is -1.85. The first-order chi connectivity index (χ1) is 11.6. The quantitative estimate of drug-likeness (QED) is 0.636. The maximum Gasteiger partial charge on any atom is 0.240 e. The van der Waals surface area contributed by atoms with Crippen molar-refractivity contribution in [1.82, 2.24) is 4.98 Å². The number of nitrogens with zero attached hydrogens (tertiary/aromatic N) is 2. The van der Waals surface area contributed by atoms with Gasteiger partial charge in [0.25, 0.3) is 0 Å². The van der Waals surface area contributed by atoms with Gasteiger partial charge in [0.1, 0.15) is 0 Å². The van der Waals surface area contributed by atoms with Gasteiger partial charge in [0.15, 0.2) is 4.34 Å². The summed E-state index contributed by atoms with van der Waals surface area (Å²) >= 11 is 3.21. The topological polar surface area (TPSA) is 33.2 Å². The van der Waals surface area contributed by atoms with E-state index in [2.05, 4.69) is 24.0 Å². The number of thiazole rings is 1. The molecular formula is C19H18N2OS2. The number of carbonyl (C=O) groups is 1. The first-order valence-corrected chi connectivity index (χ1v) is 9.76. The molecule has 0 aliphatic carbocycles. The number of aromatic nitrogens is 1. The van der Waals surface area contributed by atoms with Gasteiger partial charge in [0, 0.05) is 11.7 Å². The van der Waals surface area contributed by atoms with Crippen LogP contribution in [0.1, 0.15) is 19.4 Å². The summed E-state index contributed by atoms with van der Waals surface area (Å²) in [5.41, 5.74) is 3.33. The molecule has 2 heterocycles. The van der Waals surface area contributed by atoms with Crippen LogP contribution in [0.3, 0.4) is 0 Å². The number of rotatable bonds is 3. The highest BCUT2D eigenvalue weighted by Crippen LogP contribution is 2.36. The van der Waals surface area contributed by atoms with Gasteiger partial charge >= 0.3 is 0 Å². The summed E-state index contributed by atoms with van der Waals surface area (Å²) in [4.78, 5) is 19.6. The number of anilines is 1. The second kappa shape index (κ2) is 6.22. The first kappa shape index (κ1) is 15.7. The summed E-state index contributed by atoms with van der Waals surface area (Å²) in [5, 5.41) is -0.154. The molecule has 3 nitrogen and oxygen atoms in total. The second-order valence-corrected chi connectivity index (χ2v) is 8.72. The highest BCUT2D eigenvalue weighted by molar-refractivity contribution is 8.02. The van der Waals surface area contributed by atoms with E-state index in [1.54, 1.807) is 23.1 Å². The van der Waals surface area contributed by atoms with Crippen molar-refractivity contribution >= 4 is 44.9 Å². The first-order valence-electron chi connectivity index (χ1n) is 8.06. The zero-order valence-corrected chi connectivity index (χ0v) is 15.2. The van der Waals surface area contributed by atoms with E-state index in [1.165, 1.54) is 10.3 Å². The third kappa shape index (κ3) is 2.72. The molecule has 3 aromatic rings. The average molecular weight is 355 g/mol. The van der Waals surface area contributed by atoms with Crippen molar-refractivity contribution in [1.29, 1.82) is 0 Å². The minimum atomic E-state index is -0.154. The van der Waals surface area contributed by atoms with E-state index < -0.39 is 0 Å². The second-order valence-electron chi connectivity index (χ2n) is 6.10. The van der Waals surface area contributed by atoms with E-state index in [4.69, 9.17) is 0 Å². The fraction of sp³-hybridized carbons (Fsp3) is 0.263. The molecule has 2 aromatic carbocycles. The summed E-state index contributed by atoms with van der Waals surface area (Å²) in [7, 11) is 0. The van der Waals surface area contributed by atoms with Crippen LogP contribution in [-0.4, -0.2) is 22.2 Å². The Balaban J connectivity index is 1.56. The molecule has 0 radical (unpaired) electrons. The van der Waals surface area contributed by atoms with E-state index in [1.807, 2.05) is 48.2 Å². The molecule has 122 valence electrons. The van der Waals surface area contributed by atoms with Crippen molar-refractivity contribution in [3.63, 3.8) is 0 Å². The third-order valence-electron chi connectivity index (χ3n) is 4.34. The van der Waals surface area contributed by atoms with Crippen LogP contribution < -0.4 is 4.90 Å². The van der Waals surface area contributed by atoms with Crippen LogP contribution in [0.5, 0.6) is 0 Å². The largest absolute Gasteiger partial charge is 0.308 e. The molecule has 1 amide bonds. The Labute approximate surface area is 149 Å². The number of hydrogen-bond donors (Lipinski definition) is 0. The van der Waals surface area contributed by atoms with Crippen LogP contribution >= 0.6 is 23.1 Å². The minimum absolute atomic E-state index is 0.154. The van der Waals surface area contributed by atoms with Crippen LogP contribution in [0.25, 0.3) is 10.2 Å². The number of amides is 1. The molecule has 0 fully saturated rings. The fourth-order valence-corrected chi connectivity index (χ4v) is 5.46. The van der Waals surface area contributed by atoms with Gasteiger partial charge in [-0.1, -0.05) is 42.1 Å². The van der Waals surface area contributed by atoms with Gasteiger partial charge in [0.2, 0.25) is 5.91 Å². The minimum Gasteiger partial charge on any atom is -0.308 e. The zero-order valence-electron chi connectivity index (χ0n) is 13.6. The molecule has 4 rings (SSSR count). The Morgan fingerprint density at radius 1 is 1.25 bits per heavy atom. The Bertz CT molecular complexity index is 872. The summed E-state index contributed by atoms with van der Waals surface area (Å²) in [6.45, 7) is 4.10. The maximum absolute atomic E-state index is 13.0. The smallest absolute Gasteiger partial charge is 0.240 e. The van der Waals surface area contributed by atoms with Crippen molar-refractivity contribution in [3.05, 3.63) is 54.1 Å². The predicted molar refractivity (Wildman–Crippen MR) is 102 cm³/mol. The standard InChI is InChI=1S/C19H18N2OS2/c1-12-11-14-7-3-5-9-16(14)21(12)18(22)13(2)23-19-20-15-8-4-6-10-17(15)24-19/h3-10,12-13H,11H2,1-2H3. The number of thioether (sulfide) groups is 1. The lowest BCUT2D eigenvalue weighted by molar-refractivity contribution is -0.118. The number of para-hydroxylation sites is 2. The van der Waals surface area contributed by atoms with Gasteiger partial charge in [-0.2, -0.15) is 0 Å². The molecule has 0 saturated carbocycles. The number of fused-ring (bicyclic) bond motifs is 2. The summed E-state index contributed by atoms with van der Waals surface area (Å²) in [6.07, 6.45) is 0.931. The molecule has 2 unspecified atom stereocenters. The van der Waals surface area contributed by atoms with Gasteiger partial charge in [-0.05, 0) is 44.0 Å². The van der Waals surface area contributed by atoms with Crippen molar-refractivity contribution < 1.29 is 4.79 Å². The van der Waals surface area contributed by atoms with Crippen LogP contribution in [0.2, 0.25) is 0 Å². The monoisotopic (exact) mass is 354 g/mol. The highest BCUT2D eigenvalue weighted by Gasteiger charge is 2.33. The number of benzene rings is 2. The summed E-state index contributed by atoms with van der Waals surface area (Å²) in [5.74, 6) is 0.164. The molecule has 24 heavy (non-hydrogen) atoms. The number of hydrogen-bond acceptors (Lipinski definition) is 4. The van der Waals surface area contributed by atoms with E-state index in [0.717, 1.165) is 22.0 Å². The SMILES string of the molecule is CC(Sc1nc2ccccc2s1)C(=O)N1c2ccccc2CC1C. The molecule has 0 N–H and O–H groups in total. The van der Waals surface area contributed by atoms with Gasteiger partial charge in [-0.3, -0.25) is 4.79 Å². The lowest BCUT2D eigenvalue weighted by atomic mass is 10.1. The van der Waals surface area contributed by atoms with Gasteiger partial charge in [0.05, 0.1) is 15.5 Å². The third-order valence-corrected chi connectivity index (χ3v) is 6.56. The van der Waals surface area contributed by atoms with Crippen LogP contribution in [0.15, 0.2) is 52.9 Å². The molecule has 0 bridgehead atoms. The van der Waals surface area contributed by atoms with Crippen molar-refractivity contribution in [3.8, 4) is 0 Å². The summed E-state index contributed by atoms with van der Waals surface area (Å²) < 4.78 is 2.12. The zero-order chi connectivity index (χ0) is 16.7. The van der Waals surface area contributed by atoms with Crippen LogP contribution in [0, 0.1) is 0 Å². The molecule has 5 heteroatoms. The van der Waals surface area contributed by atoms with E-state index in [9.17, 15) is 4.79 Å². The van der Waals surface area contributed by atoms with E-state index in [0.29, 0.717) is 0 Å². The van der Waals surface area contributed by atoms with Gasteiger partial charge in [-0.25, -0.2) is 4.98 Å². The molecule has 0 saturated heterocycles. The molecule has 1 aliphatic heterocycles. The Morgan fingerprint density at radius 2 is 2.00 bits per heavy atom. The summed E-state index contributed by atoms with van der Waals surface area (Å²) in [6, 6.07) is 16.5. The molecule has 1 aliphatic rings. The molecule has 1 aromatic heterocycles. The van der Waals surface area contributed by atoms with Crippen molar-refractivity contribution in [2.45, 2.75) is 35.9 Å². The number of carbonyl (C=O) groups excluding carboxylic acids is 1. The van der Waals surface area contributed by atoms with E-state index in [-0.39, 0.29) is 17.2 Å². The maximum atomic E-state index is 13.0. The lowest BCUT2D eigenvalue weighted by Crippen LogP contribution is -2.40.